The minimum Gasteiger partial charge on any atom is -0.406 e. The highest BCUT2D eigenvalue weighted by atomic mass is 35.5. The van der Waals surface area contributed by atoms with Crippen LogP contribution in [-0.4, -0.2) is 16.5 Å². The molecule has 1 aromatic heterocycles. The van der Waals surface area contributed by atoms with Gasteiger partial charge in [-0.15, -0.1) is 24.9 Å². The summed E-state index contributed by atoms with van der Waals surface area (Å²) in [5.74, 6) is 0.870. The summed E-state index contributed by atoms with van der Waals surface area (Å²) in [5, 5.41) is 4.59. The van der Waals surface area contributed by atoms with Crippen molar-refractivity contribution in [2.24, 2.45) is 0 Å². The Morgan fingerprint density at radius 3 is 2.48 bits per heavy atom. The maximum Gasteiger partial charge on any atom is 0.573 e. The fourth-order valence-electron chi connectivity index (χ4n) is 2.29. The van der Waals surface area contributed by atoms with E-state index in [0.717, 1.165) is 21.0 Å². The quantitative estimate of drug-likeness (QED) is 0.465. The smallest absolute Gasteiger partial charge is 0.406 e. The summed E-state index contributed by atoms with van der Waals surface area (Å²) in [6.45, 7) is 3.90. The fraction of sp³-hybridized carbons (Fsp3) is 0.222. The van der Waals surface area contributed by atoms with E-state index in [-0.39, 0.29) is 5.75 Å². The van der Waals surface area contributed by atoms with Crippen molar-refractivity contribution in [2.45, 2.75) is 30.9 Å². The summed E-state index contributed by atoms with van der Waals surface area (Å²) in [5.41, 5.74) is 2.57. The van der Waals surface area contributed by atoms with Crippen LogP contribution >= 0.6 is 23.4 Å². The third-order valence-electron chi connectivity index (χ3n) is 3.62. The van der Waals surface area contributed by atoms with Crippen LogP contribution in [-0.2, 0) is 5.75 Å². The Balaban J connectivity index is 1.67. The van der Waals surface area contributed by atoms with Crippen LogP contribution in [0.2, 0.25) is 5.02 Å². The number of alkyl halides is 3. The van der Waals surface area contributed by atoms with Gasteiger partial charge in [0.25, 0.3) is 0 Å². The number of hydrogen-bond donors (Lipinski definition) is 0. The molecule has 142 valence electrons. The third-order valence-corrected chi connectivity index (χ3v) is 5.17. The maximum absolute atomic E-state index is 12.2. The first kappa shape index (κ1) is 19.6. The molecule has 0 N–H and O–H groups in total. The Labute approximate surface area is 162 Å². The average Bonchev–Trinajstić information content (AvgIpc) is 3.05. The summed E-state index contributed by atoms with van der Waals surface area (Å²) in [6, 6.07) is 9.19. The number of nitrogens with zero attached hydrogens (tertiary/aromatic N) is 2. The minimum atomic E-state index is -4.73. The first-order valence-electron chi connectivity index (χ1n) is 7.79. The monoisotopic (exact) mass is 414 g/mol. The molecule has 0 amide bonds. The Morgan fingerprint density at radius 2 is 1.81 bits per heavy atom. The molecule has 0 aliphatic rings. The van der Waals surface area contributed by atoms with Gasteiger partial charge in [-0.25, -0.2) is 0 Å². The van der Waals surface area contributed by atoms with Crippen LogP contribution in [0, 0.1) is 13.8 Å². The van der Waals surface area contributed by atoms with Crippen LogP contribution in [0.5, 0.6) is 5.75 Å². The normalized spacial score (nSPS) is 11.6. The lowest BCUT2D eigenvalue weighted by atomic mass is 10.2. The zero-order chi connectivity index (χ0) is 19.6. The average molecular weight is 415 g/mol. The SMILES string of the molecule is Cc1cc(SCc2nc(-c3ccc(OC(F)(F)F)cc3)no2)c(C)cc1Cl. The molecule has 0 spiro atoms. The molecule has 2 aromatic carbocycles. The molecule has 0 unspecified atom stereocenters. The van der Waals surface area contributed by atoms with Crippen molar-refractivity contribution in [2.75, 3.05) is 0 Å². The van der Waals surface area contributed by atoms with Crippen molar-refractivity contribution in [1.82, 2.24) is 10.1 Å². The van der Waals surface area contributed by atoms with Gasteiger partial charge >= 0.3 is 6.36 Å². The van der Waals surface area contributed by atoms with E-state index in [0.29, 0.717) is 23.0 Å². The van der Waals surface area contributed by atoms with Gasteiger partial charge in [-0.3, -0.25) is 0 Å². The molecule has 0 aliphatic carbocycles. The number of benzene rings is 2. The highest BCUT2D eigenvalue weighted by molar-refractivity contribution is 7.98. The van der Waals surface area contributed by atoms with Crippen LogP contribution in [0.15, 0.2) is 45.8 Å². The van der Waals surface area contributed by atoms with E-state index in [9.17, 15) is 13.2 Å². The van der Waals surface area contributed by atoms with Crippen LogP contribution in [0.25, 0.3) is 11.4 Å². The number of aryl methyl sites for hydroxylation is 2. The molecule has 0 saturated carbocycles. The Kier molecular flexibility index (Phi) is 5.67. The summed E-state index contributed by atoms with van der Waals surface area (Å²) in [4.78, 5) is 5.34. The Morgan fingerprint density at radius 1 is 1.11 bits per heavy atom. The number of halogens is 4. The molecule has 4 nitrogen and oxygen atoms in total. The van der Waals surface area contributed by atoms with Crippen molar-refractivity contribution in [3.05, 3.63) is 58.4 Å². The summed E-state index contributed by atoms with van der Waals surface area (Å²) in [7, 11) is 0. The lowest BCUT2D eigenvalue weighted by Crippen LogP contribution is -2.16. The number of thioether (sulfide) groups is 1. The Bertz CT molecular complexity index is 943. The number of ether oxygens (including phenoxy) is 1. The van der Waals surface area contributed by atoms with E-state index in [1.54, 1.807) is 11.8 Å². The van der Waals surface area contributed by atoms with Crippen molar-refractivity contribution in [1.29, 1.82) is 0 Å². The minimum absolute atomic E-state index is 0.299. The molecule has 1 heterocycles. The van der Waals surface area contributed by atoms with Gasteiger partial charge in [-0.1, -0.05) is 16.8 Å². The van der Waals surface area contributed by atoms with E-state index in [1.807, 2.05) is 26.0 Å². The van der Waals surface area contributed by atoms with Crippen LogP contribution in [0.4, 0.5) is 13.2 Å². The van der Waals surface area contributed by atoms with Gasteiger partial charge in [0.05, 0.1) is 5.75 Å². The van der Waals surface area contributed by atoms with Gasteiger partial charge < -0.3 is 9.26 Å². The molecular formula is C18H14ClF3N2O2S. The standard InChI is InChI=1S/C18H14ClF3N2O2S/c1-10-8-15(11(2)7-14(10)19)27-9-16-23-17(24-26-16)12-3-5-13(6-4-12)25-18(20,21)22/h3-8H,9H2,1-2H3. The topological polar surface area (TPSA) is 48.2 Å². The first-order valence-corrected chi connectivity index (χ1v) is 9.16. The largest absolute Gasteiger partial charge is 0.573 e. The van der Waals surface area contributed by atoms with Crippen LogP contribution < -0.4 is 4.74 Å². The number of rotatable bonds is 5. The number of hydrogen-bond acceptors (Lipinski definition) is 5. The molecule has 0 aliphatic heterocycles. The molecule has 9 heteroatoms. The van der Waals surface area contributed by atoms with E-state index >= 15 is 0 Å². The Hall–Kier alpha value is -2.19. The van der Waals surface area contributed by atoms with Gasteiger partial charge in [0.2, 0.25) is 11.7 Å². The first-order chi connectivity index (χ1) is 12.7. The van der Waals surface area contributed by atoms with E-state index in [1.165, 1.54) is 24.3 Å². The molecule has 0 fully saturated rings. The molecule has 3 rings (SSSR count). The highest BCUT2D eigenvalue weighted by Gasteiger charge is 2.31. The predicted octanol–water partition coefficient (Wildman–Crippen LogP) is 6.20. The molecule has 27 heavy (non-hydrogen) atoms. The van der Waals surface area contributed by atoms with Gasteiger partial charge in [0, 0.05) is 15.5 Å². The maximum atomic E-state index is 12.2. The van der Waals surface area contributed by atoms with Crippen molar-refractivity contribution in [3.8, 4) is 17.1 Å². The number of aromatic nitrogens is 2. The molecule has 0 bridgehead atoms. The van der Waals surface area contributed by atoms with E-state index in [2.05, 4.69) is 14.9 Å². The summed E-state index contributed by atoms with van der Waals surface area (Å²) < 4.78 is 45.7. The highest BCUT2D eigenvalue weighted by Crippen LogP contribution is 2.31. The van der Waals surface area contributed by atoms with Crippen molar-refractivity contribution in [3.63, 3.8) is 0 Å². The van der Waals surface area contributed by atoms with E-state index in [4.69, 9.17) is 16.1 Å². The lowest BCUT2D eigenvalue weighted by Gasteiger charge is -2.08. The molecule has 0 saturated heterocycles. The van der Waals surface area contributed by atoms with Gasteiger partial charge in [0.15, 0.2) is 0 Å². The predicted molar refractivity (Wildman–Crippen MR) is 96.9 cm³/mol. The molecule has 0 atom stereocenters. The lowest BCUT2D eigenvalue weighted by molar-refractivity contribution is -0.274. The molecule has 3 aromatic rings. The second kappa shape index (κ2) is 7.82. The van der Waals surface area contributed by atoms with Gasteiger partial charge in [-0.2, -0.15) is 4.98 Å². The summed E-state index contributed by atoms with van der Waals surface area (Å²) in [6.07, 6.45) is -4.73. The third kappa shape index (κ3) is 5.17. The summed E-state index contributed by atoms with van der Waals surface area (Å²) >= 11 is 7.64. The van der Waals surface area contributed by atoms with Crippen molar-refractivity contribution < 1.29 is 22.4 Å². The second-order valence-electron chi connectivity index (χ2n) is 5.74. The van der Waals surface area contributed by atoms with Crippen LogP contribution in [0.1, 0.15) is 17.0 Å². The van der Waals surface area contributed by atoms with Crippen molar-refractivity contribution >= 4 is 23.4 Å². The molecular weight excluding hydrogens is 401 g/mol. The van der Waals surface area contributed by atoms with Crippen LogP contribution in [0.3, 0.4) is 0 Å². The van der Waals surface area contributed by atoms with E-state index < -0.39 is 6.36 Å². The zero-order valence-electron chi connectivity index (χ0n) is 14.3. The fourth-order valence-corrected chi connectivity index (χ4v) is 3.45. The second-order valence-corrected chi connectivity index (χ2v) is 7.16. The zero-order valence-corrected chi connectivity index (χ0v) is 15.9. The van der Waals surface area contributed by atoms with Gasteiger partial charge in [0.1, 0.15) is 5.75 Å². The van der Waals surface area contributed by atoms with Gasteiger partial charge in [-0.05, 0) is 61.4 Å². The molecule has 0 radical (unpaired) electrons.